The van der Waals surface area contributed by atoms with Crippen LogP contribution in [-0.2, 0) is 9.59 Å². The quantitative estimate of drug-likeness (QED) is 0.312. The molecule has 0 radical (unpaired) electrons. The van der Waals surface area contributed by atoms with Gasteiger partial charge < -0.3 is 24.5 Å². The number of likely N-dealkylation sites (tertiary alicyclic amines) is 1. The van der Waals surface area contributed by atoms with E-state index in [4.69, 9.17) is 4.74 Å². The number of ketones is 1. The second kappa shape index (κ2) is 11.4. The van der Waals surface area contributed by atoms with E-state index in [-0.39, 0.29) is 16.9 Å². The first-order valence-electron chi connectivity index (χ1n) is 11.8. The highest BCUT2D eigenvalue weighted by Gasteiger charge is 2.46. The highest BCUT2D eigenvalue weighted by atomic mass is 19.1. The molecule has 0 aromatic heterocycles. The SMILES string of the molecule is CCN(CC)c1ccc(C2/C(=C(\O)c3cc(F)ccc3OC)C(=O)C(=O)N2CCCN(C)C)cc1. The summed E-state index contributed by atoms with van der Waals surface area (Å²) in [6.07, 6.45) is 0.650. The van der Waals surface area contributed by atoms with Gasteiger partial charge in [0.2, 0.25) is 0 Å². The van der Waals surface area contributed by atoms with Crippen LogP contribution in [0.25, 0.3) is 5.76 Å². The van der Waals surface area contributed by atoms with Crippen LogP contribution in [0.5, 0.6) is 5.75 Å². The Kier molecular flexibility index (Phi) is 8.51. The summed E-state index contributed by atoms with van der Waals surface area (Å²) >= 11 is 0. The van der Waals surface area contributed by atoms with Crippen LogP contribution in [0.15, 0.2) is 48.0 Å². The number of Topliss-reactive ketones (excluding diaryl/α,β-unsaturated/α-hetero) is 1. The number of hydrogen-bond donors (Lipinski definition) is 1. The highest BCUT2D eigenvalue weighted by Crippen LogP contribution is 2.41. The average molecular weight is 484 g/mol. The summed E-state index contributed by atoms with van der Waals surface area (Å²) in [5.74, 6) is -2.31. The number of hydrogen-bond acceptors (Lipinski definition) is 6. The Balaban J connectivity index is 2.14. The molecular weight excluding hydrogens is 449 g/mol. The minimum absolute atomic E-state index is 0.0311. The van der Waals surface area contributed by atoms with Crippen molar-refractivity contribution in [1.82, 2.24) is 9.80 Å². The Hall–Kier alpha value is -3.39. The van der Waals surface area contributed by atoms with Crippen molar-refractivity contribution in [3.8, 4) is 5.75 Å². The van der Waals surface area contributed by atoms with Gasteiger partial charge in [-0.3, -0.25) is 9.59 Å². The van der Waals surface area contributed by atoms with Crippen molar-refractivity contribution in [2.45, 2.75) is 26.3 Å². The number of amides is 1. The molecule has 0 bridgehead atoms. The Bertz CT molecular complexity index is 1090. The summed E-state index contributed by atoms with van der Waals surface area (Å²) in [5.41, 5.74) is 1.68. The number of nitrogens with zero attached hydrogens (tertiary/aromatic N) is 3. The van der Waals surface area contributed by atoms with Crippen molar-refractivity contribution in [2.75, 3.05) is 52.3 Å². The zero-order chi connectivity index (χ0) is 25.7. The monoisotopic (exact) mass is 483 g/mol. The van der Waals surface area contributed by atoms with Crippen molar-refractivity contribution in [2.24, 2.45) is 0 Å². The number of anilines is 1. The van der Waals surface area contributed by atoms with E-state index in [1.165, 1.54) is 24.1 Å². The van der Waals surface area contributed by atoms with Gasteiger partial charge in [0.15, 0.2) is 0 Å². The lowest BCUT2D eigenvalue weighted by molar-refractivity contribution is -0.139. The van der Waals surface area contributed by atoms with E-state index >= 15 is 0 Å². The van der Waals surface area contributed by atoms with Gasteiger partial charge in [-0.05, 0) is 76.8 Å². The van der Waals surface area contributed by atoms with Crippen LogP contribution in [0.3, 0.4) is 0 Å². The van der Waals surface area contributed by atoms with Crippen LogP contribution in [0, 0.1) is 5.82 Å². The topological polar surface area (TPSA) is 73.3 Å². The van der Waals surface area contributed by atoms with Crippen molar-refractivity contribution < 1.29 is 23.8 Å². The lowest BCUT2D eigenvalue weighted by Crippen LogP contribution is -2.32. The van der Waals surface area contributed by atoms with Crippen LogP contribution in [0.4, 0.5) is 10.1 Å². The zero-order valence-corrected chi connectivity index (χ0v) is 21.0. The molecule has 0 saturated carbocycles. The van der Waals surface area contributed by atoms with Gasteiger partial charge in [0, 0.05) is 25.3 Å². The largest absolute Gasteiger partial charge is 0.507 e. The highest BCUT2D eigenvalue weighted by molar-refractivity contribution is 6.46. The molecule has 188 valence electrons. The second-order valence-electron chi connectivity index (χ2n) is 8.76. The fourth-order valence-corrected chi connectivity index (χ4v) is 4.48. The van der Waals surface area contributed by atoms with E-state index in [0.717, 1.165) is 31.4 Å². The normalized spacial score (nSPS) is 17.3. The molecule has 1 unspecified atom stereocenters. The van der Waals surface area contributed by atoms with E-state index in [1.807, 2.05) is 43.3 Å². The number of rotatable bonds is 10. The lowest BCUT2D eigenvalue weighted by atomic mass is 9.94. The van der Waals surface area contributed by atoms with Gasteiger partial charge in [0.1, 0.15) is 17.3 Å². The fourth-order valence-electron chi connectivity index (χ4n) is 4.48. The molecule has 7 nitrogen and oxygen atoms in total. The van der Waals surface area contributed by atoms with E-state index in [2.05, 4.69) is 18.7 Å². The maximum Gasteiger partial charge on any atom is 0.295 e. The molecule has 1 aliphatic rings. The molecule has 1 fully saturated rings. The number of carbonyl (C=O) groups is 2. The molecule has 2 aromatic rings. The molecule has 1 heterocycles. The smallest absolute Gasteiger partial charge is 0.295 e. The summed E-state index contributed by atoms with van der Waals surface area (Å²) in [6, 6.07) is 10.5. The zero-order valence-electron chi connectivity index (χ0n) is 21.0. The Morgan fingerprint density at radius 1 is 1.09 bits per heavy atom. The van der Waals surface area contributed by atoms with Gasteiger partial charge in [0.25, 0.3) is 11.7 Å². The third kappa shape index (κ3) is 5.48. The molecule has 35 heavy (non-hydrogen) atoms. The Labute approximate surface area is 206 Å². The van der Waals surface area contributed by atoms with Gasteiger partial charge in [0.05, 0.1) is 24.3 Å². The number of aliphatic hydroxyl groups excluding tert-OH is 1. The molecule has 2 aromatic carbocycles. The standard InChI is InChI=1S/C27H34FN3O4/c1-6-30(7-2)20-12-9-18(10-13-20)24-23(25(32)21-17-19(28)11-14-22(21)35-5)26(33)27(34)31(24)16-8-15-29(3)4/h9-14,17,24,32H,6-8,15-16H2,1-5H3/b25-23+. The maximum atomic E-state index is 14.1. The minimum atomic E-state index is -0.795. The lowest BCUT2D eigenvalue weighted by Gasteiger charge is -2.27. The Morgan fingerprint density at radius 3 is 2.31 bits per heavy atom. The number of methoxy groups -OCH3 is 1. The maximum absolute atomic E-state index is 14.1. The van der Waals surface area contributed by atoms with Gasteiger partial charge in [-0.25, -0.2) is 4.39 Å². The van der Waals surface area contributed by atoms with Crippen LogP contribution >= 0.6 is 0 Å². The molecule has 0 spiro atoms. The first-order valence-corrected chi connectivity index (χ1v) is 11.8. The summed E-state index contributed by atoms with van der Waals surface area (Å²) in [4.78, 5) is 32.0. The van der Waals surface area contributed by atoms with Crippen molar-refractivity contribution >= 4 is 23.1 Å². The van der Waals surface area contributed by atoms with E-state index in [9.17, 15) is 19.1 Å². The average Bonchev–Trinajstić information content (AvgIpc) is 3.09. The van der Waals surface area contributed by atoms with Gasteiger partial charge in [-0.15, -0.1) is 0 Å². The summed E-state index contributed by atoms with van der Waals surface area (Å²) in [6.45, 7) is 6.90. The van der Waals surface area contributed by atoms with Crippen LogP contribution in [0.2, 0.25) is 0 Å². The third-order valence-electron chi connectivity index (χ3n) is 6.30. The molecule has 8 heteroatoms. The first kappa shape index (κ1) is 26.2. The van der Waals surface area contributed by atoms with E-state index in [0.29, 0.717) is 18.5 Å². The molecular formula is C27H34FN3O4. The first-order chi connectivity index (χ1) is 16.7. The predicted molar refractivity (Wildman–Crippen MR) is 135 cm³/mol. The summed E-state index contributed by atoms with van der Waals surface area (Å²) in [5, 5.41) is 11.2. The molecule has 1 N–H and O–H groups in total. The van der Waals surface area contributed by atoms with Crippen molar-refractivity contribution in [3.05, 3.63) is 65.0 Å². The van der Waals surface area contributed by atoms with E-state index < -0.39 is 29.3 Å². The van der Waals surface area contributed by atoms with Gasteiger partial charge in [-0.1, -0.05) is 12.1 Å². The Morgan fingerprint density at radius 2 is 1.74 bits per heavy atom. The molecule has 1 atom stereocenters. The number of benzene rings is 2. The minimum Gasteiger partial charge on any atom is -0.507 e. The number of aliphatic hydroxyl groups is 1. The third-order valence-corrected chi connectivity index (χ3v) is 6.30. The number of halogens is 1. The van der Waals surface area contributed by atoms with Gasteiger partial charge in [-0.2, -0.15) is 0 Å². The van der Waals surface area contributed by atoms with Crippen LogP contribution < -0.4 is 9.64 Å². The molecule has 0 aliphatic carbocycles. The van der Waals surface area contributed by atoms with E-state index in [1.54, 1.807) is 0 Å². The number of ether oxygens (including phenoxy) is 1. The van der Waals surface area contributed by atoms with Crippen molar-refractivity contribution in [3.63, 3.8) is 0 Å². The molecule has 1 aliphatic heterocycles. The second-order valence-corrected chi connectivity index (χ2v) is 8.76. The number of carbonyl (C=O) groups excluding carboxylic acids is 2. The van der Waals surface area contributed by atoms with Crippen molar-refractivity contribution in [1.29, 1.82) is 0 Å². The molecule has 1 amide bonds. The molecule has 1 saturated heterocycles. The van der Waals surface area contributed by atoms with Gasteiger partial charge >= 0.3 is 0 Å². The van der Waals surface area contributed by atoms with Crippen LogP contribution in [-0.4, -0.2) is 74.0 Å². The summed E-state index contributed by atoms with van der Waals surface area (Å²) in [7, 11) is 5.27. The summed E-state index contributed by atoms with van der Waals surface area (Å²) < 4.78 is 19.4. The molecule has 3 rings (SSSR count). The van der Waals surface area contributed by atoms with Crippen LogP contribution in [0.1, 0.15) is 37.4 Å². The fraction of sp³-hybridized carbons (Fsp3) is 0.407. The predicted octanol–water partition coefficient (Wildman–Crippen LogP) is 4.05.